The van der Waals surface area contributed by atoms with Gasteiger partial charge in [-0.3, -0.25) is 24.0 Å². The molecule has 53 heavy (non-hydrogen) atoms. The molecule has 8 unspecified atom stereocenters. The lowest BCUT2D eigenvalue weighted by atomic mass is 9.59. The van der Waals surface area contributed by atoms with E-state index in [-0.39, 0.29) is 42.9 Å². The summed E-state index contributed by atoms with van der Waals surface area (Å²) < 4.78 is 17.2. The molecule has 1 heterocycles. The number of methoxy groups -OCH3 is 1. The molecule has 0 aromatic carbocycles. The topological polar surface area (TPSA) is 289 Å². The summed E-state index contributed by atoms with van der Waals surface area (Å²) in [5.74, 6) is -8.97. The van der Waals surface area contributed by atoms with Crippen LogP contribution < -0.4 is 21.8 Å². The molecule has 0 spiro atoms. The number of carbonyl (C=O) groups is 5. The minimum absolute atomic E-state index is 0.00256. The predicted octanol–water partition coefficient (Wildman–Crippen LogP) is -1.57. The summed E-state index contributed by atoms with van der Waals surface area (Å²) in [5, 5.41) is 64.9. The number of amides is 3. The van der Waals surface area contributed by atoms with Crippen LogP contribution in [0.3, 0.4) is 0 Å². The Hall–Kier alpha value is -4.46. The molecule has 0 radical (unpaired) electrons. The Labute approximate surface area is 304 Å². The van der Waals surface area contributed by atoms with E-state index in [1.54, 1.807) is 13.0 Å². The summed E-state index contributed by atoms with van der Waals surface area (Å²) in [6.45, 7) is 1.50. The van der Waals surface area contributed by atoms with Crippen molar-refractivity contribution in [2.45, 2.75) is 69.7 Å². The van der Waals surface area contributed by atoms with E-state index in [9.17, 15) is 49.5 Å². The van der Waals surface area contributed by atoms with Crippen molar-refractivity contribution < 1.29 is 63.7 Å². The molecule has 10 atom stereocenters. The molecule has 0 aromatic heterocycles. The molecule has 1 aliphatic heterocycles. The number of hydrogen-bond acceptors (Lipinski definition) is 15. The Bertz CT molecular complexity index is 1670. The standard InChI is InChI=1S/C35H47N5O13/c1-4-15(2)34(49)38-11-23(43)37-12-24(44)40-39-22(13-41)35(50)9-17-27(21(10-35)53-25-8-18(36)19(42)14-52-25)33(48)29-28(31(17)46)30(45)16-6-5-7-20(51-3)26(16)32(29)47/h5-7,15-19,21,25-27,41-42,46,48,50H,4,8-14,36H2,1-3H3,(H,37,43)(H,38,49)(H,40,44)/b39-22+/t15?,16?,17?,18?,19?,21-,25?,26?,27?,35-/m0/s1. The third-order valence-corrected chi connectivity index (χ3v) is 10.6. The first-order valence-corrected chi connectivity index (χ1v) is 17.5. The first-order valence-electron chi connectivity index (χ1n) is 17.5. The van der Waals surface area contributed by atoms with Gasteiger partial charge in [0.25, 0.3) is 5.91 Å². The molecule has 0 bridgehead atoms. The average Bonchev–Trinajstić information content (AvgIpc) is 3.14. The van der Waals surface area contributed by atoms with Gasteiger partial charge in [-0.2, -0.15) is 5.10 Å². The number of ether oxygens (including phenoxy) is 3. The molecule has 4 aliphatic carbocycles. The average molecular weight is 746 g/mol. The van der Waals surface area contributed by atoms with Gasteiger partial charge in [0.1, 0.15) is 22.9 Å². The van der Waals surface area contributed by atoms with Crippen molar-refractivity contribution >= 4 is 35.0 Å². The van der Waals surface area contributed by atoms with Crippen LogP contribution in [0.25, 0.3) is 0 Å². The molecule has 5 rings (SSSR count). The molecule has 18 nitrogen and oxygen atoms in total. The van der Waals surface area contributed by atoms with Crippen LogP contribution in [0.1, 0.15) is 39.5 Å². The third-order valence-electron chi connectivity index (χ3n) is 10.6. The van der Waals surface area contributed by atoms with Crippen molar-refractivity contribution in [3.63, 3.8) is 0 Å². The Morgan fingerprint density at radius 3 is 2.45 bits per heavy atom. The second-order valence-corrected chi connectivity index (χ2v) is 13.9. The first-order chi connectivity index (χ1) is 25.1. The molecule has 10 N–H and O–H groups in total. The maximum atomic E-state index is 14.0. The monoisotopic (exact) mass is 745 g/mol. The lowest BCUT2D eigenvalue weighted by molar-refractivity contribution is -0.235. The highest BCUT2D eigenvalue weighted by Crippen LogP contribution is 2.53. The van der Waals surface area contributed by atoms with E-state index < -0.39 is 126 Å². The molecular formula is C35H47N5O13. The van der Waals surface area contributed by atoms with Crippen LogP contribution in [0, 0.1) is 29.6 Å². The van der Waals surface area contributed by atoms with Gasteiger partial charge in [0.05, 0.1) is 80.2 Å². The summed E-state index contributed by atoms with van der Waals surface area (Å²) in [5.41, 5.74) is 4.86. The van der Waals surface area contributed by atoms with Crippen molar-refractivity contribution in [2.24, 2.45) is 40.4 Å². The highest BCUT2D eigenvalue weighted by Gasteiger charge is 2.59. The maximum Gasteiger partial charge on any atom is 0.259 e. The van der Waals surface area contributed by atoms with Gasteiger partial charge in [-0.15, -0.1) is 0 Å². The number of rotatable bonds is 12. The Balaban J connectivity index is 1.42. The number of allylic oxidation sites excluding steroid dienone is 7. The van der Waals surface area contributed by atoms with Gasteiger partial charge in [-0.25, -0.2) is 5.43 Å². The number of carbonyl (C=O) groups excluding carboxylic acids is 5. The summed E-state index contributed by atoms with van der Waals surface area (Å²) in [4.78, 5) is 64.6. The van der Waals surface area contributed by atoms with Gasteiger partial charge in [-0.1, -0.05) is 26.0 Å². The largest absolute Gasteiger partial charge is 0.511 e. The number of aliphatic hydroxyl groups excluding tert-OH is 4. The number of nitrogens with zero attached hydrogens (tertiary/aromatic N) is 1. The fraction of sp³-hybridized carbons (Fsp3) is 0.600. The van der Waals surface area contributed by atoms with E-state index in [0.29, 0.717) is 6.42 Å². The second kappa shape index (κ2) is 16.3. The van der Waals surface area contributed by atoms with Crippen molar-refractivity contribution in [2.75, 3.05) is 33.4 Å². The number of hydrazone groups is 1. The molecule has 0 aromatic rings. The molecule has 1 saturated heterocycles. The zero-order chi connectivity index (χ0) is 38.8. The highest BCUT2D eigenvalue weighted by atomic mass is 16.7. The van der Waals surface area contributed by atoms with Crippen LogP contribution in [0.2, 0.25) is 0 Å². The molecule has 5 aliphatic rings. The van der Waals surface area contributed by atoms with Crippen LogP contribution in [0.4, 0.5) is 0 Å². The smallest absolute Gasteiger partial charge is 0.259 e. The lowest BCUT2D eigenvalue weighted by Gasteiger charge is -2.49. The van der Waals surface area contributed by atoms with Gasteiger partial charge in [0.2, 0.25) is 11.8 Å². The fourth-order valence-corrected chi connectivity index (χ4v) is 7.40. The number of ketones is 2. The van der Waals surface area contributed by atoms with Crippen LogP contribution in [0.15, 0.2) is 51.8 Å². The second-order valence-electron chi connectivity index (χ2n) is 13.9. The van der Waals surface area contributed by atoms with Gasteiger partial charge in [0, 0.05) is 30.7 Å². The normalized spacial score (nSPS) is 33.3. The number of fused-ring (bicyclic) bond motifs is 3. The summed E-state index contributed by atoms with van der Waals surface area (Å²) in [6.07, 6.45) is 0.952. The SMILES string of the molecule is CCC(C)C(=O)NCC(=O)NCC(=O)N/N=C(\CO)[C@]1(O)CC2C(O)=C3C(=O)C4C=CC=C(OC)C4C(=O)C3=C(O)C2[C@@H](OC2CC(N)C(O)CO2)C1. The van der Waals surface area contributed by atoms with Gasteiger partial charge >= 0.3 is 0 Å². The van der Waals surface area contributed by atoms with Crippen molar-refractivity contribution in [1.82, 2.24) is 16.1 Å². The minimum atomic E-state index is -2.15. The third kappa shape index (κ3) is 7.92. The summed E-state index contributed by atoms with van der Waals surface area (Å²) in [7, 11) is 1.35. The molecular weight excluding hydrogens is 698 g/mol. The highest BCUT2D eigenvalue weighted by molar-refractivity contribution is 6.21. The first kappa shape index (κ1) is 39.7. The molecule has 3 fully saturated rings. The van der Waals surface area contributed by atoms with Crippen LogP contribution >= 0.6 is 0 Å². The van der Waals surface area contributed by atoms with Crippen LogP contribution in [0.5, 0.6) is 0 Å². The molecule has 2 saturated carbocycles. The zero-order valence-corrected chi connectivity index (χ0v) is 29.6. The van der Waals surface area contributed by atoms with Crippen molar-refractivity contribution in [1.29, 1.82) is 0 Å². The van der Waals surface area contributed by atoms with E-state index >= 15 is 0 Å². The van der Waals surface area contributed by atoms with E-state index in [1.807, 2.05) is 6.92 Å². The van der Waals surface area contributed by atoms with Crippen LogP contribution in [-0.4, -0.2) is 124 Å². The van der Waals surface area contributed by atoms with E-state index in [4.69, 9.17) is 19.9 Å². The lowest BCUT2D eigenvalue weighted by Crippen LogP contribution is -2.58. The van der Waals surface area contributed by atoms with Crippen molar-refractivity contribution in [3.8, 4) is 0 Å². The van der Waals surface area contributed by atoms with Crippen LogP contribution in [-0.2, 0) is 38.2 Å². The number of hydrogen-bond donors (Lipinski definition) is 9. The number of Topliss-reactive ketones (excluding diaryl/α,β-unsaturated/α-hetero) is 2. The Morgan fingerprint density at radius 1 is 1.09 bits per heavy atom. The van der Waals surface area contributed by atoms with E-state index in [1.165, 1.54) is 19.3 Å². The molecule has 290 valence electrons. The molecule has 18 heteroatoms. The Kier molecular flexibility index (Phi) is 12.2. The van der Waals surface area contributed by atoms with E-state index in [0.717, 1.165) is 0 Å². The fourth-order valence-electron chi connectivity index (χ4n) is 7.40. The zero-order valence-electron chi connectivity index (χ0n) is 29.6. The maximum absolute atomic E-state index is 14.0. The van der Waals surface area contributed by atoms with Gasteiger partial charge < -0.3 is 56.1 Å². The molecule has 3 amide bonds. The predicted molar refractivity (Wildman–Crippen MR) is 183 cm³/mol. The van der Waals surface area contributed by atoms with Gasteiger partial charge in [-0.05, 0) is 18.9 Å². The van der Waals surface area contributed by atoms with Gasteiger partial charge in [0.15, 0.2) is 17.9 Å². The quantitative estimate of drug-likeness (QED) is 0.0806. The summed E-state index contributed by atoms with van der Waals surface area (Å²) >= 11 is 0. The number of aliphatic hydroxyl groups is 5. The number of nitrogens with one attached hydrogen (secondary N) is 3. The minimum Gasteiger partial charge on any atom is -0.511 e. The Morgan fingerprint density at radius 2 is 1.79 bits per heavy atom. The number of nitrogens with two attached hydrogens (primary N) is 1. The van der Waals surface area contributed by atoms with Crippen molar-refractivity contribution in [3.05, 3.63) is 46.7 Å². The van der Waals surface area contributed by atoms with E-state index in [2.05, 4.69) is 21.2 Å². The summed E-state index contributed by atoms with van der Waals surface area (Å²) in [6, 6.07) is -0.750.